The Morgan fingerprint density at radius 1 is 1.10 bits per heavy atom. The van der Waals surface area contributed by atoms with Crippen LogP contribution < -0.4 is 4.74 Å². The van der Waals surface area contributed by atoms with Gasteiger partial charge < -0.3 is 9.64 Å². The summed E-state index contributed by atoms with van der Waals surface area (Å²) in [6.45, 7) is 12.3. The zero-order chi connectivity index (χ0) is 15.5. The minimum absolute atomic E-state index is 0.0000945. The van der Waals surface area contributed by atoms with E-state index in [9.17, 15) is 4.79 Å². The predicted octanol–water partition coefficient (Wildman–Crippen LogP) is 3.62. The van der Waals surface area contributed by atoms with Gasteiger partial charge in [0.25, 0.3) is 5.91 Å². The Hall–Kier alpha value is -1.51. The molecule has 0 saturated heterocycles. The van der Waals surface area contributed by atoms with Gasteiger partial charge in [0.05, 0.1) is 0 Å². The number of ether oxygens (including phenoxy) is 1. The second-order valence-corrected chi connectivity index (χ2v) is 6.58. The lowest BCUT2D eigenvalue weighted by Gasteiger charge is -2.25. The average molecular weight is 277 g/mol. The molecule has 3 nitrogen and oxygen atoms in total. The quantitative estimate of drug-likeness (QED) is 0.841. The highest BCUT2D eigenvalue weighted by Gasteiger charge is 2.21. The molecule has 1 unspecified atom stereocenters. The molecule has 0 bridgehead atoms. The fourth-order valence-electron chi connectivity index (χ4n) is 1.83. The second kappa shape index (κ2) is 6.29. The van der Waals surface area contributed by atoms with Crippen LogP contribution in [0.3, 0.4) is 0 Å². The van der Waals surface area contributed by atoms with E-state index in [1.807, 2.05) is 26.0 Å². The van der Waals surface area contributed by atoms with E-state index in [2.05, 4.69) is 32.9 Å². The molecule has 1 aromatic carbocycles. The molecule has 0 spiro atoms. The highest BCUT2D eigenvalue weighted by Crippen LogP contribution is 2.24. The van der Waals surface area contributed by atoms with Crippen molar-refractivity contribution in [1.82, 2.24) is 4.90 Å². The van der Waals surface area contributed by atoms with E-state index in [0.717, 1.165) is 5.75 Å². The zero-order valence-corrected chi connectivity index (χ0v) is 13.7. The summed E-state index contributed by atoms with van der Waals surface area (Å²) in [7, 11) is 1.80. The molecule has 20 heavy (non-hydrogen) atoms. The first kappa shape index (κ1) is 16.5. The summed E-state index contributed by atoms with van der Waals surface area (Å²) in [5.41, 5.74) is 1.38. The SMILES string of the molecule is CC(Oc1ccc(C(C)(C)C)cc1)C(=O)N(C)C(C)C. The molecule has 0 aliphatic rings. The Balaban J connectivity index is 2.72. The maximum absolute atomic E-state index is 12.1. The van der Waals surface area contributed by atoms with E-state index in [1.165, 1.54) is 5.56 Å². The van der Waals surface area contributed by atoms with E-state index in [1.54, 1.807) is 18.9 Å². The molecule has 0 radical (unpaired) electrons. The number of amides is 1. The summed E-state index contributed by atoms with van der Waals surface area (Å²) in [6, 6.07) is 8.15. The van der Waals surface area contributed by atoms with Crippen molar-refractivity contribution in [3.63, 3.8) is 0 Å². The molecule has 1 amide bonds. The summed E-state index contributed by atoms with van der Waals surface area (Å²) in [6.07, 6.45) is -0.470. The third kappa shape index (κ3) is 4.26. The molecule has 0 N–H and O–H groups in total. The summed E-state index contributed by atoms with van der Waals surface area (Å²) < 4.78 is 5.72. The molecule has 0 aliphatic heterocycles. The largest absolute Gasteiger partial charge is 0.481 e. The molecule has 0 aliphatic carbocycles. The van der Waals surface area contributed by atoms with Crippen molar-refractivity contribution < 1.29 is 9.53 Å². The normalized spacial score (nSPS) is 13.2. The molecular formula is C17H27NO2. The van der Waals surface area contributed by atoms with Crippen LogP contribution in [0.5, 0.6) is 5.75 Å². The maximum Gasteiger partial charge on any atom is 0.263 e. The van der Waals surface area contributed by atoms with Gasteiger partial charge in [0, 0.05) is 13.1 Å². The van der Waals surface area contributed by atoms with E-state index in [4.69, 9.17) is 4.74 Å². The molecule has 0 fully saturated rings. The Morgan fingerprint density at radius 3 is 2.00 bits per heavy atom. The lowest BCUT2D eigenvalue weighted by Crippen LogP contribution is -2.41. The number of nitrogens with zero attached hydrogens (tertiary/aromatic N) is 1. The maximum atomic E-state index is 12.1. The van der Waals surface area contributed by atoms with Gasteiger partial charge >= 0.3 is 0 Å². The van der Waals surface area contributed by atoms with Crippen LogP contribution in [-0.4, -0.2) is 30.0 Å². The van der Waals surface area contributed by atoms with E-state index >= 15 is 0 Å². The van der Waals surface area contributed by atoms with Crippen molar-refractivity contribution >= 4 is 5.91 Å². The van der Waals surface area contributed by atoms with Gasteiger partial charge in [0.15, 0.2) is 6.10 Å². The highest BCUT2D eigenvalue weighted by atomic mass is 16.5. The molecule has 1 atom stereocenters. The molecule has 0 aromatic heterocycles. The summed E-state index contributed by atoms with van der Waals surface area (Å²) in [5, 5.41) is 0. The van der Waals surface area contributed by atoms with Crippen LogP contribution in [-0.2, 0) is 10.2 Å². The van der Waals surface area contributed by atoms with Gasteiger partial charge in [-0.15, -0.1) is 0 Å². The third-order valence-corrected chi connectivity index (χ3v) is 3.50. The number of hydrogen-bond acceptors (Lipinski definition) is 2. The lowest BCUT2D eigenvalue weighted by molar-refractivity contribution is -0.138. The smallest absolute Gasteiger partial charge is 0.263 e. The number of benzene rings is 1. The minimum Gasteiger partial charge on any atom is -0.481 e. The van der Waals surface area contributed by atoms with Crippen LogP contribution in [0.1, 0.15) is 47.1 Å². The Kier molecular flexibility index (Phi) is 5.21. The van der Waals surface area contributed by atoms with E-state index in [0.29, 0.717) is 0 Å². The number of rotatable bonds is 4. The molecule has 3 heteroatoms. The first-order valence-electron chi connectivity index (χ1n) is 7.17. The topological polar surface area (TPSA) is 29.5 Å². The van der Waals surface area contributed by atoms with Crippen molar-refractivity contribution in [1.29, 1.82) is 0 Å². The zero-order valence-electron chi connectivity index (χ0n) is 13.7. The predicted molar refractivity (Wildman–Crippen MR) is 83.1 cm³/mol. The number of likely N-dealkylation sites (N-methyl/N-ethyl adjacent to an activating group) is 1. The summed E-state index contributed by atoms with van der Waals surface area (Å²) >= 11 is 0. The van der Waals surface area contributed by atoms with Gasteiger partial charge in [-0.1, -0.05) is 32.9 Å². The molecule has 0 saturated carbocycles. The average Bonchev–Trinajstić information content (AvgIpc) is 2.36. The van der Waals surface area contributed by atoms with Crippen LogP contribution in [0.2, 0.25) is 0 Å². The Labute approximate surface area is 122 Å². The Bertz CT molecular complexity index is 443. The Morgan fingerprint density at radius 2 is 1.60 bits per heavy atom. The number of hydrogen-bond donors (Lipinski definition) is 0. The number of carbonyl (C=O) groups is 1. The van der Waals surface area contributed by atoms with E-state index in [-0.39, 0.29) is 17.4 Å². The van der Waals surface area contributed by atoms with Gasteiger partial charge in [0.2, 0.25) is 0 Å². The second-order valence-electron chi connectivity index (χ2n) is 6.58. The molecule has 1 aromatic rings. The highest BCUT2D eigenvalue weighted by molar-refractivity contribution is 5.80. The molecule has 1 rings (SSSR count). The van der Waals surface area contributed by atoms with Crippen molar-refractivity contribution in [3.8, 4) is 5.75 Å². The van der Waals surface area contributed by atoms with Gasteiger partial charge in [0.1, 0.15) is 5.75 Å². The van der Waals surface area contributed by atoms with Crippen LogP contribution in [0.25, 0.3) is 0 Å². The van der Waals surface area contributed by atoms with Crippen LogP contribution >= 0.6 is 0 Å². The standard InChI is InChI=1S/C17H27NO2/c1-12(2)18(7)16(19)13(3)20-15-10-8-14(9-11-15)17(4,5)6/h8-13H,1-7H3. The first-order valence-corrected chi connectivity index (χ1v) is 7.17. The van der Waals surface area contributed by atoms with Crippen molar-refractivity contribution in [3.05, 3.63) is 29.8 Å². The van der Waals surface area contributed by atoms with Crippen molar-refractivity contribution in [2.45, 2.75) is 59.1 Å². The summed E-state index contributed by atoms with van der Waals surface area (Å²) in [5.74, 6) is 0.732. The monoisotopic (exact) mass is 277 g/mol. The fraction of sp³-hybridized carbons (Fsp3) is 0.588. The van der Waals surface area contributed by atoms with Gasteiger partial charge in [-0.3, -0.25) is 4.79 Å². The van der Waals surface area contributed by atoms with Crippen LogP contribution in [0, 0.1) is 0 Å². The third-order valence-electron chi connectivity index (χ3n) is 3.50. The first-order chi connectivity index (χ1) is 9.12. The molecular weight excluding hydrogens is 250 g/mol. The van der Waals surface area contributed by atoms with Gasteiger partial charge in [-0.2, -0.15) is 0 Å². The van der Waals surface area contributed by atoms with Crippen molar-refractivity contribution in [2.24, 2.45) is 0 Å². The summed E-state index contributed by atoms with van der Waals surface area (Å²) in [4.78, 5) is 13.8. The number of carbonyl (C=O) groups excluding carboxylic acids is 1. The van der Waals surface area contributed by atoms with Crippen molar-refractivity contribution in [2.75, 3.05) is 7.05 Å². The van der Waals surface area contributed by atoms with Gasteiger partial charge in [-0.25, -0.2) is 0 Å². The molecule has 0 heterocycles. The van der Waals surface area contributed by atoms with E-state index < -0.39 is 6.10 Å². The molecule has 112 valence electrons. The fourth-order valence-corrected chi connectivity index (χ4v) is 1.83. The van der Waals surface area contributed by atoms with Crippen LogP contribution in [0.4, 0.5) is 0 Å². The van der Waals surface area contributed by atoms with Crippen LogP contribution in [0.15, 0.2) is 24.3 Å². The van der Waals surface area contributed by atoms with Gasteiger partial charge in [-0.05, 0) is 43.9 Å². The lowest BCUT2D eigenvalue weighted by atomic mass is 9.87. The minimum atomic E-state index is -0.470.